The van der Waals surface area contributed by atoms with Crippen LogP contribution in [-0.2, 0) is 14.3 Å². The first-order chi connectivity index (χ1) is 7.87. The van der Waals surface area contributed by atoms with Crippen molar-refractivity contribution in [3.63, 3.8) is 0 Å². The third-order valence-corrected chi connectivity index (χ3v) is 3.30. The second-order valence-corrected chi connectivity index (χ2v) is 4.97. The Balaban J connectivity index is 2.83. The Hall–Kier alpha value is -1.32. The smallest absolute Gasteiger partial charge is 0.302 e. The minimum atomic E-state index is -0.491. The summed E-state index contributed by atoms with van der Waals surface area (Å²) < 4.78 is 5.31. The second-order valence-electron chi connectivity index (χ2n) is 4.97. The predicted molar refractivity (Wildman–Crippen MR) is 65.3 cm³/mol. The van der Waals surface area contributed by atoms with E-state index in [2.05, 4.69) is 11.9 Å². The van der Waals surface area contributed by atoms with E-state index in [1.54, 1.807) is 0 Å². The number of ether oxygens (including phenoxy) is 1. The number of carbonyl (C=O) groups is 2. The van der Waals surface area contributed by atoms with Crippen LogP contribution in [-0.4, -0.2) is 23.5 Å². The van der Waals surface area contributed by atoms with E-state index in [4.69, 9.17) is 4.74 Å². The minimum absolute atomic E-state index is 0.102. The van der Waals surface area contributed by atoms with Gasteiger partial charge in [-0.05, 0) is 32.1 Å². The van der Waals surface area contributed by atoms with Gasteiger partial charge in [0, 0.05) is 13.8 Å². The van der Waals surface area contributed by atoms with Gasteiger partial charge in [0.2, 0.25) is 5.91 Å². The van der Waals surface area contributed by atoms with E-state index in [1.165, 1.54) is 13.8 Å². The molecule has 1 amide bonds. The second kappa shape index (κ2) is 5.34. The Labute approximate surface area is 102 Å². The van der Waals surface area contributed by atoms with E-state index in [1.807, 2.05) is 13.0 Å². The molecule has 0 spiro atoms. The van der Waals surface area contributed by atoms with Crippen molar-refractivity contribution in [2.24, 2.45) is 5.92 Å². The minimum Gasteiger partial charge on any atom is -0.460 e. The highest BCUT2D eigenvalue weighted by molar-refractivity contribution is 5.74. The van der Waals surface area contributed by atoms with E-state index in [-0.39, 0.29) is 18.0 Å². The lowest BCUT2D eigenvalue weighted by atomic mass is 9.74. The molecule has 1 aliphatic rings. The van der Waals surface area contributed by atoms with Gasteiger partial charge in [-0.25, -0.2) is 0 Å². The number of hydrogen-bond donors (Lipinski definition) is 1. The Morgan fingerprint density at radius 1 is 1.41 bits per heavy atom. The van der Waals surface area contributed by atoms with Crippen LogP contribution in [0.15, 0.2) is 12.7 Å². The summed E-state index contributed by atoms with van der Waals surface area (Å²) in [6.07, 6.45) is 4.11. The molecule has 0 aliphatic heterocycles. The zero-order chi connectivity index (χ0) is 13.1. The molecule has 4 heteroatoms. The SMILES string of the molecule is C=C[C@@H]1CC[C@H](OC(C)=O)[C@](C)(NC(C)=O)C1. The predicted octanol–water partition coefficient (Wildman–Crippen LogP) is 1.80. The maximum absolute atomic E-state index is 11.3. The van der Waals surface area contributed by atoms with Crippen LogP contribution in [0.3, 0.4) is 0 Å². The lowest BCUT2D eigenvalue weighted by molar-refractivity contribution is -0.155. The molecule has 0 aromatic rings. The van der Waals surface area contributed by atoms with Crippen LogP contribution in [0, 0.1) is 5.92 Å². The zero-order valence-corrected chi connectivity index (χ0v) is 10.8. The highest BCUT2D eigenvalue weighted by Gasteiger charge is 2.42. The topological polar surface area (TPSA) is 55.4 Å². The summed E-state index contributed by atoms with van der Waals surface area (Å²) in [5, 5.41) is 2.91. The highest BCUT2D eigenvalue weighted by atomic mass is 16.5. The van der Waals surface area contributed by atoms with Gasteiger partial charge in [-0.1, -0.05) is 6.08 Å². The van der Waals surface area contributed by atoms with Gasteiger partial charge in [0.1, 0.15) is 6.10 Å². The van der Waals surface area contributed by atoms with Crippen LogP contribution >= 0.6 is 0 Å². The number of hydrogen-bond acceptors (Lipinski definition) is 3. The molecule has 0 aromatic carbocycles. The van der Waals surface area contributed by atoms with Crippen molar-refractivity contribution in [1.29, 1.82) is 0 Å². The number of esters is 1. The van der Waals surface area contributed by atoms with Gasteiger partial charge < -0.3 is 10.1 Å². The average molecular weight is 239 g/mol. The van der Waals surface area contributed by atoms with Crippen LogP contribution in [0.1, 0.15) is 40.0 Å². The molecule has 1 saturated carbocycles. The highest BCUT2D eigenvalue weighted by Crippen LogP contribution is 2.35. The average Bonchev–Trinajstić information content (AvgIpc) is 2.19. The molecule has 3 atom stereocenters. The van der Waals surface area contributed by atoms with Crippen LogP contribution in [0.4, 0.5) is 0 Å². The standard InChI is InChI=1S/C13H21NO3/c1-5-11-6-7-12(17-10(3)16)13(4,8-11)14-9(2)15/h5,11-12H,1,6-8H2,2-4H3,(H,14,15)/t11-,12+,13-/m1/s1. The van der Waals surface area contributed by atoms with Gasteiger partial charge in [-0.3, -0.25) is 9.59 Å². The molecule has 0 aromatic heterocycles. The van der Waals surface area contributed by atoms with Crippen molar-refractivity contribution in [2.45, 2.75) is 51.7 Å². The van der Waals surface area contributed by atoms with Crippen molar-refractivity contribution in [3.8, 4) is 0 Å². The van der Waals surface area contributed by atoms with Crippen molar-refractivity contribution >= 4 is 11.9 Å². The summed E-state index contributed by atoms with van der Waals surface area (Å²) in [4.78, 5) is 22.3. The number of rotatable bonds is 3. The molecule has 0 unspecified atom stereocenters. The van der Waals surface area contributed by atoms with E-state index in [0.29, 0.717) is 5.92 Å². The first-order valence-corrected chi connectivity index (χ1v) is 5.96. The largest absolute Gasteiger partial charge is 0.460 e. The number of nitrogens with one attached hydrogen (secondary N) is 1. The summed E-state index contributed by atoms with van der Waals surface area (Å²) in [7, 11) is 0. The molecular weight excluding hydrogens is 218 g/mol. The maximum Gasteiger partial charge on any atom is 0.302 e. The molecule has 17 heavy (non-hydrogen) atoms. The van der Waals surface area contributed by atoms with E-state index >= 15 is 0 Å². The van der Waals surface area contributed by atoms with Gasteiger partial charge in [-0.2, -0.15) is 0 Å². The molecule has 1 fully saturated rings. The van der Waals surface area contributed by atoms with Gasteiger partial charge in [0.05, 0.1) is 5.54 Å². The lowest BCUT2D eigenvalue weighted by Gasteiger charge is -2.43. The van der Waals surface area contributed by atoms with Crippen LogP contribution < -0.4 is 5.32 Å². The Kier molecular flexibility index (Phi) is 4.32. The van der Waals surface area contributed by atoms with Gasteiger partial charge >= 0.3 is 5.97 Å². The molecule has 1 rings (SSSR count). The van der Waals surface area contributed by atoms with E-state index in [9.17, 15) is 9.59 Å². The summed E-state index contributed by atoms with van der Waals surface area (Å²) in [5.41, 5.74) is -0.491. The first-order valence-electron chi connectivity index (χ1n) is 5.96. The zero-order valence-electron chi connectivity index (χ0n) is 10.8. The molecule has 0 saturated heterocycles. The molecule has 0 radical (unpaired) electrons. The molecule has 1 N–H and O–H groups in total. The third kappa shape index (κ3) is 3.58. The van der Waals surface area contributed by atoms with Crippen LogP contribution in [0.2, 0.25) is 0 Å². The first kappa shape index (κ1) is 13.7. The molecule has 0 heterocycles. The molecule has 96 valence electrons. The Morgan fingerprint density at radius 3 is 2.53 bits per heavy atom. The number of carbonyl (C=O) groups excluding carboxylic acids is 2. The number of allylic oxidation sites excluding steroid dienone is 1. The fraction of sp³-hybridized carbons (Fsp3) is 0.692. The third-order valence-electron chi connectivity index (χ3n) is 3.30. The van der Waals surface area contributed by atoms with Crippen molar-refractivity contribution in [3.05, 3.63) is 12.7 Å². The molecule has 4 nitrogen and oxygen atoms in total. The van der Waals surface area contributed by atoms with Gasteiger partial charge in [-0.15, -0.1) is 6.58 Å². The monoisotopic (exact) mass is 239 g/mol. The number of amides is 1. The summed E-state index contributed by atoms with van der Waals surface area (Å²) in [5.74, 6) is -0.0448. The van der Waals surface area contributed by atoms with Gasteiger partial charge in [0.15, 0.2) is 0 Å². The van der Waals surface area contributed by atoms with Crippen molar-refractivity contribution in [2.75, 3.05) is 0 Å². The van der Waals surface area contributed by atoms with Crippen molar-refractivity contribution < 1.29 is 14.3 Å². The maximum atomic E-state index is 11.3. The molecule has 0 bridgehead atoms. The Bertz CT molecular complexity index is 327. The molecular formula is C13H21NO3. The summed E-state index contributed by atoms with van der Waals surface area (Å²) >= 11 is 0. The fourth-order valence-electron chi connectivity index (χ4n) is 2.59. The van der Waals surface area contributed by atoms with Crippen molar-refractivity contribution in [1.82, 2.24) is 5.32 Å². The van der Waals surface area contributed by atoms with Crippen LogP contribution in [0.5, 0.6) is 0 Å². The quantitative estimate of drug-likeness (QED) is 0.603. The summed E-state index contributed by atoms with van der Waals surface area (Å²) in [6.45, 7) is 8.60. The normalized spacial score (nSPS) is 32.6. The Morgan fingerprint density at radius 2 is 2.06 bits per heavy atom. The van der Waals surface area contributed by atoms with Gasteiger partial charge in [0.25, 0.3) is 0 Å². The lowest BCUT2D eigenvalue weighted by Crippen LogP contribution is -2.58. The fourth-order valence-corrected chi connectivity index (χ4v) is 2.59. The van der Waals surface area contributed by atoms with E-state index < -0.39 is 5.54 Å². The van der Waals surface area contributed by atoms with Crippen LogP contribution in [0.25, 0.3) is 0 Å². The van der Waals surface area contributed by atoms with E-state index in [0.717, 1.165) is 19.3 Å². The summed E-state index contributed by atoms with van der Waals surface area (Å²) in [6, 6.07) is 0. The molecule has 1 aliphatic carbocycles.